The van der Waals surface area contributed by atoms with Crippen LogP contribution in [0, 0.1) is 13.8 Å². The minimum atomic E-state index is -0.00749. The van der Waals surface area contributed by atoms with Crippen molar-refractivity contribution >= 4 is 5.96 Å². The number of aromatic nitrogens is 1. The molecule has 7 heteroatoms. The molecule has 0 spiro atoms. The van der Waals surface area contributed by atoms with Gasteiger partial charge in [-0.1, -0.05) is 5.16 Å². The van der Waals surface area contributed by atoms with E-state index >= 15 is 0 Å². The molecule has 1 atom stereocenters. The molecule has 0 radical (unpaired) electrons. The van der Waals surface area contributed by atoms with Gasteiger partial charge in [-0.05, 0) is 52.3 Å². The van der Waals surface area contributed by atoms with Gasteiger partial charge in [0.05, 0.1) is 26.0 Å². The van der Waals surface area contributed by atoms with Gasteiger partial charge in [-0.3, -0.25) is 4.99 Å². The molecule has 0 aliphatic carbocycles. The summed E-state index contributed by atoms with van der Waals surface area (Å²) in [6.07, 6.45) is 0.786. The predicted octanol–water partition coefficient (Wildman–Crippen LogP) is 3.17. The highest BCUT2D eigenvalue weighted by atomic mass is 16.5. The first-order valence-corrected chi connectivity index (χ1v) is 9.18. The van der Waals surface area contributed by atoms with Crippen molar-refractivity contribution in [2.24, 2.45) is 4.99 Å². The monoisotopic (exact) mass is 374 g/mol. The zero-order valence-corrected chi connectivity index (χ0v) is 17.0. The van der Waals surface area contributed by atoms with Crippen LogP contribution in [0.4, 0.5) is 0 Å². The largest absolute Gasteiger partial charge is 0.497 e. The van der Waals surface area contributed by atoms with E-state index in [0.717, 1.165) is 53.0 Å². The van der Waals surface area contributed by atoms with Crippen LogP contribution in [0.5, 0.6) is 11.5 Å². The second kappa shape index (κ2) is 9.85. The first kappa shape index (κ1) is 20.6. The Morgan fingerprint density at radius 2 is 2.04 bits per heavy atom. The van der Waals surface area contributed by atoms with Crippen molar-refractivity contribution in [1.29, 1.82) is 0 Å². The maximum atomic E-state index is 5.49. The van der Waals surface area contributed by atoms with Crippen LogP contribution < -0.4 is 20.1 Å². The number of nitrogens with one attached hydrogen (secondary N) is 2. The van der Waals surface area contributed by atoms with Crippen molar-refractivity contribution in [2.45, 2.75) is 40.2 Å². The lowest BCUT2D eigenvalue weighted by Crippen LogP contribution is -2.39. The number of ether oxygens (including phenoxy) is 2. The van der Waals surface area contributed by atoms with Crippen LogP contribution in [0.2, 0.25) is 0 Å². The van der Waals surface area contributed by atoms with Crippen LogP contribution in [0.1, 0.15) is 42.5 Å². The van der Waals surface area contributed by atoms with Crippen molar-refractivity contribution in [2.75, 3.05) is 27.3 Å². The summed E-state index contributed by atoms with van der Waals surface area (Å²) in [7, 11) is 3.32. The van der Waals surface area contributed by atoms with E-state index in [0.29, 0.717) is 6.54 Å². The fourth-order valence-corrected chi connectivity index (χ4v) is 2.92. The topological polar surface area (TPSA) is 80.9 Å². The van der Waals surface area contributed by atoms with Crippen molar-refractivity contribution in [3.63, 3.8) is 0 Å². The lowest BCUT2D eigenvalue weighted by Gasteiger charge is -2.20. The van der Waals surface area contributed by atoms with Gasteiger partial charge in [0.1, 0.15) is 17.3 Å². The maximum Gasteiger partial charge on any atom is 0.191 e. The van der Waals surface area contributed by atoms with Gasteiger partial charge in [-0.25, -0.2) is 0 Å². The van der Waals surface area contributed by atoms with Crippen LogP contribution in [0.3, 0.4) is 0 Å². The average molecular weight is 374 g/mol. The molecule has 0 saturated heterocycles. The van der Waals surface area contributed by atoms with Crippen LogP contribution in [0.25, 0.3) is 0 Å². The minimum Gasteiger partial charge on any atom is -0.497 e. The second-order valence-corrected chi connectivity index (χ2v) is 6.29. The number of hydrogen-bond acceptors (Lipinski definition) is 5. The van der Waals surface area contributed by atoms with Gasteiger partial charge in [-0.2, -0.15) is 0 Å². The molecular formula is C20H30N4O3. The highest BCUT2D eigenvalue weighted by molar-refractivity contribution is 5.80. The average Bonchev–Trinajstić information content (AvgIpc) is 2.99. The Hall–Kier alpha value is -2.70. The first-order chi connectivity index (χ1) is 13.0. The van der Waals surface area contributed by atoms with Gasteiger partial charge < -0.3 is 24.6 Å². The Kier molecular flexibility index (Phi) is 7.52. The standard InChI is InChI=1S/C20H30N4O3/c1-7-21-20(22-11-10-17-14(3)24-27-15(17)4)23-13(2)18-12-16(25-5)8-9-19(18)26-6/h8-9,12-13H,7,10-11H2,1-6H3,(H2,21,22,23). The molecule has 148 valence electrons. The fourth-order valence-electron chi connectivity index (χ4n) is 2.92. The van der Waals surface area contributed by atoms with Crippen molar-refractivity contribution in [1.82, 2.24) is 15.8 Å². The summed E-state index contributed by atoms with van der Waals surface area (Å²) in [6, 6.07) is 5.77. The molecule has 0 aliphatic heterocycles. The molecule has 0 amide bonds. The zero-order valence-electron chi connectivity index (χ0n) is 17.0. The van der Waals surface area contributed by atoms with Crippen molar-refractivity contribution in [3.05, 3.63) is 40.8 Å². The number of hydrogen-bond donors (Lipinski definition) is 2. The molecule has 1 unspecified atom stereocenters. The van der Waals surface area contributed by atoms with Gasteiger partial charge >= 0.3 is 0 Å². The quantitative estimate of drug-likeness (QED) is 0.546. The molecule has 27 heavy (non-hydrogen) atoms. The summed E-state index contributed by atoms with van der Waals surface area (Å²) in [5, 5.41) is 10.7. The number of guanidine groups is 1. The van der Waals surface area contributed by atoms with Crippen LogP contribution in [-0.2, 0) is 6.42 Å². The van der Waals surface area contributed by atoms with E-state index in [1.165, 1.54) is 0 Å². The Labute approximate surface area is 161 Å². The Balaban J connectivity index is 2.10. The summed E-state index contributed by atoms with van der Waals surface area (Å²) in [6.45, 7) is 9.41. The second-order valence-electron chi connectivity index (χ2n) is 6.29. The lowest BCUT2D eigenvalue weighted by atomic mass is 10.1. The minimum absolute atomic E-state index is 0.00749. The smallest absolute Gasteiger partial charge is 0.191 e. The summed E-state index contributed by atoms with van der Waals surface area (Å²) in [4.78, 5) is 4.69. The number of benzene rings is 1. The number of aliphatic imine (C=N–C) groups is 1. The fraction of sp³-hybridized carbons (Fsp3) is 0.500. The molecule has 7 nitrogen and oxygen atoms in total. The van der Waals surface area contributed by atoms with Gasteiger partial charge in [0, 0.05) is 24.2 Å². The number of rotatable bonds is 8. The van der Waals surface area contributed by atoms with Crippen molar-refractivity contribution < 1.29 is 14.0 Å². The lowest BCUT2D eigenvalue weighted by molar-refractivity contribution is 0.392. The van der Waals surface area contributed by atoms with Gasteiger partial charge in [0.2, 0.25) is 0 Å². The third-order valence-electron chi connectivity index (χ3n) is 4.41. The summed E-state index contributed by atoms with van der Waals surface area (Å²) in [5.41, 5.74) is 3.06. The van der Waals surface area contributed by atoms with Crippen LogP contribution in [-0.4, -0.2) is 38.4 Å². The first-order valence-electron chi connectivity index (χ1n) is 9.18. The van der Waals surface area contributed by atoms with Crippen LogP contribution >= 0.6 is 0 Å². The zero-order chi connectivity index (χ0) is 19.8. The number of nitrogens with zero attached hydrogens (tertiary/aromatic N) is 2. The Bertz CT molecular complexity index is 751. The normalized spacial score (nSPS) is 12.6. The van der Waals surface area contributed by atoms with Crippen LogP contribution in [0.15, 0.2) is 27.7 Å². The molecule has 0 bridgehead atoms. The van der Waals surface area contributed by atoms with Gasteiger partial charge in [0.25, 0.3) is 0 Å². The van der Waals surface area contributed by atoms with Gasteiger partial charge in [0.15, 0.2) is 5.96 Å². The molecule has 1 heterocycles. The Morgan fingerprint density at radius 3 is 2.63 bits per heavy atom. The van der Waals surface area contributed by atoms with E-state index in [4.69, 9.17) is 14.0 Å². The number of methoxy groups -OCH3 is 2. The molecule has 0 saturated carbocycles. The third kappa shape index (κ3) is 5.39. The molecule has 2 rings (SSSR count). The van der Waals surface area contributed by atoms with Gasteiger partial charge in [-0.15, -0.1) is 0 Å². The summed E-state index contributed by atoms with van der Waals surface area (Å²) in [5.74, 6) is 3.21. The highest BCUT2D eigenvalue weighted by Gasteiger charge is 2.14. The molecule has 0 aliphatic rings. The van der Waals surface area contributed by atoms with Crippen molar-refractivity contribution in [3.8, 4) is 11.5 Å². The third-order valence-corrected chi connectivity index (χ3v) is 4.41. The van der Waals surface area contributed by atoms with E-state index in [1.54, 1.807) is 14.2 Å². The summed E-state index contributed by atoms with van der Waals surface area (Å²) >= 11 is 0. The predicted molar refractivity (Wildman–Crippen MR) is 107 cm³/mol. The molecule has 2 N–H and O–H groups in total. The van der Waals surface area contributed by atoms with E-state index in [-0.39, 0.29) is 6.04 Å². The molecule has 1 aromatic heterocycles. The molecule has 2 aromatic rings. The SMILES string of the molecule is CCNC(=NCCc1c(C)noc1C)NC(C)c1cc(OC)ccc1OC. The molecule has 1 aromatic carbocycles. The highest BCUT2D eigenvalue weighted by Crippen LogP contribution is 2.29. The van der Waals surface area contributed by atoms with E-state index < -0.39 is 0 Å². The maximum absolute atomic E-state index is 5.49. The van der Waals surface area contributed by atoms with E-state index in [2.05, 4.69) is 27.7 Å². The molecule has 0 fully saturated rings. The summed E-state index contributed by atoms with van der Waals surface area (Å²) < 4.78 is 16.0. The molecular weight excluding hydrogens is 344 g/mol. The van der Waals surface area contributed by atoms with E-state index in [9.17, 15) is 0 Å². The Morgan fingerprint density at radius 1 is 1.26 bits per heavy atom. The van der Waals surface area contributed by atoms with E-state index in [1.807, 2.05) is 39.0 Å². The number of aryl methyl sites for hydroxylation is 2.